The fourth-order valence-electron chi connectivity index (χ4n) is 3.76. The largest absolute Gasteiger partial charge is 0.503 e. The van der Waals surface area contributed by atoms with Crippen LogP contribution in [0.4, 0.5) is 0 Å². The van der Waals surface area contributed by atoms with Crippen LogP contribution in [0.1, 0.15) is 11.5 Å². The van der Waals surface area contributed by atoms with Crippen LogP contribution in [0.2, 0.25) is 0 Å². The lowest BCUT2D eigenvalue weighted by molar-refractivity contribution is 0.422. The molecule has 33 heavy (non-hydrogen) atoms. The summed E-state index contributed by atoms with van der Waals surface area (Å²) in [5.74, 6) is 0.720. The van der Waals surface area contributed by atoms with Gasteiger partial charge in [-0.2, -0.15) is 4.98 Å². The van der Waals surface area contributed by atoms with E-state index in [1.807, 2.05) is 89.5 Å². The second-order valence-corrected chi connectivity index (χ2v) is 7.68. The highest BCUT2D eigenvalue weighted by molar-refractivity contribution is 5.66. The first-order valence-corrected chi connectivity index (χ1v) is 10.7. The second kappa shape index (κ2) is 8.96. The smallest absolute Gasteiger partial charge is 0.257 e. The van der Waals surface area contributed by atoms with Gasteiger partial charge in [-0.25, -0.2) is 0 Å². The van der Waals surface area contributed by atoms with Crippen LogP contribution < -0.4 is 5.43 Å². The summed E-state index contributed by atoms with van der Waals surface area (Å²) in [6.07, 6.45) is 2.45. The van der Waals surface area contributed by atoms with Gasteiger partial charge in [0.2, 0.25) is 5.43 Å². The van der Waals surface area contributed by atoms with E-state index in [-0.39, 0.29) is 5.75 Å². The SMILES string of the molecule is O=c1cc(CCc2noc(-c3ccccc3)n2)n(-c2cccc(-c3ccccc3)c2)cc1O. The first kappa shape index (κ1) is 20.5. The Morgan fingerprint density at radius 3 is 2.24 bits per heavy atom. The third-order valence-electron chi connectivity index (χ3n) is 5.44. The van der Waals surface area contributed by atoms with Crippen LogP contribution in [0.5, 0.6) is 5.75 Å². The normalized spacial score (nSPS) is 10.9. The molecule has 0 atom stereocenters. The zero-order chi connectivity index (χ0) is 22.6. The van der Waals surface area contributed by atoms with Gasteiger partial charge in [-0.15, -0.1) is 0 Å². The summed E-state index contributed by atoms with van der Waals surface area (Å²) in [5.41, 5.74) is 4.16. The molecule has 5 aromatic rings. The van der Waals surface area contributed by atoms with Gasteiger partial charge in [0.1, 0.15) is 0 Å². The molecule has 0 aliphatic carbocycles. The fraction of sp³-hybridized carbons (Fsp3) is 0.0741. The third kappa shape index (κ3) is 4.45. The number of nitrogens with zero attached hydrogens (tertiary/aromatic N) is 3. The van der Waals surface area contributed by atoms with E-state index in [0.717, 1.165) is 28.1 Å². The first-order valence-electron chi connectivity index (χ1n) is 10.7. The van der Waals surface area contributed by atoms with Gasteiger partial charge in [0.15, 0.2) is 11.6 Å². The Hall–Kier alpha value is -4.45. The number of aromatic hydroxyl groups is 1. The zero-order valence-electron chi connectivity index (χ0n) is 17.8. The Kier molecular flexibility index (Phi) is 5.55. The lowest BCUT2D eigenvalue weighted by Gasteiger charge is -2.15. The molecular weight excluding hydrogens is 414 g/mol. The number of hydrogen-bond donors (Lipinski definition) is 1. The lowest BCUT2D eigenvalue weighted by Crippen LogP contribution is -2.12. The molecule has 0 aliphatic rings. The first-order chi connectivity index (χ1) is 16.2. The molecule has 0 saturated carbocycles. The van der Waals surface area contributed by atoms with Gasteiger partial charge in [0, 0.05) is 29.4 Å². The number of pyridine rings is 1. The van der Waals surface area contributed by atoms with E-state index < -0.39 is 5.43 Å². The molecule has 0 amide bonds. The van der Waals surface area contributed by atoms with Crippen LogP contribution in [0.3, 0.4) is 0 Å². The Morgan fingerprint density at radius 2 is 1.48 bits per heavy atom. The highest BCUT2D eigenvalue weighted by Crippen LogP contribution is 2.24. The Bertz CT molecular complexity index is 1440. The van der Waals surface area contributed by atoms with Crippen LogP contribution >= 0.6 is 0 Å². The van der Waals surface area contributed by atoms with Gasteiger partial charge in [0.05, 0.1) is 6.20 Å². The Balaban J connectivity index is 1.45. The van der Waals surface area contributed by atoms with Crippen LogP contribution in [0, 0.1) is 0 Å². The number of aromatic nitrogens is 3. The molecule has 5 rings (SSSR count). The van der Waals surface area contributed by atoms with Crippen molar-refractivity contribution in [2.45, 2.75) is 12.8 Å². The van der Waals surface area contributed by atoms with Crippen LogP contribution in [0.25, 0.3) is 28.3 Å². The lowest BCUT2D eigenvalue weighted by atomic mass is 10.0. The summed E-state index contributed by atoms with van der Waals surface area (Å²) in [5, 5.41) is 14.2. The van der Waals surface area contributed by atoms with E-state index in [1.165, 1.54) is 12.3 Å². The van der Waals surface area contributed by atoms with Crippen molar-refractivity contribution in [1.29, 1.82) is 0 Å². The Morgan fingerprint density at radius 1 is 0.788 bits per heavy atom. The molecule has 0 radical (unpaired) electrons. The minimum atomic E-state index is -0.418. The average molecular weight is 435 g/mol. The van der Waals surface area contributed by atoms with Gasteiger partial charge in [-0.05, 0) is 41.8 Å². The monoisotopic (exact) mass is 435 g/mol. The molecule has 2 aromatic heterocycles. The molecule has 6 heteroatoms. The molecule has 6 nitrogen and oxygen atoms in total. The number of aryl methyl sites for hydroxylation is 2. The summed E-state index contributed by atoms with van der Waals surface area (Å²) in [6, 6.07) is 29.1. The molecular formula is C27H21N3O3. The van der Waals surface area contributed by atoms with Gasteiger partial charge >= 0.3 is 0 Å². The summed E-state index contributed by atoms with van der Waals surface area (Å²) < 4.78 is 7.23. The summed E-state index contributed by atoms with van der Waals surface area (Å²) in [6.45, 7) is 0. The maximum atomic E-state index is 12.2. The fourth-order valence-corrected chi connectivity index (χ4v) is 3.76. The molecule has 0 fully saturated rings. The van der Waals surface area contributed by atoms with Crippen LogP contribution in [-0.2, 0) is 12.8 Å². The van der Waals surface area contributed by atoms with Gasteiger partial charge in [-0.3, -0.25) is 4.79 Å². The minimum Gasteiger partial charge on any atom is -0.503 e. The average Bonchev–Trinajstić information content (AvgIpc) is 3.35. The molecule has 0 unspecified atom stereocenters. The topological polar surface area (TPSA) is 81.2 Å². The maximum Gasteiger partial charge on any atom is 0.257 e. The van der Waals surface area contributed by atoms with Crippen molar-refractivity contribution < 1.29 is 9.63 Å². The molecule has 0 saturated heterocycles. The predicted octanol–water partition coefficient (Wildman–Crippen LogP) is 5.05. The van der Waals surface area contributed by atoms with Gasteiger partial charge < -0.3 is 14.2 Å². The van der Waals surface area contributed by atoms with E-state index >= 15 is 0 Å². The molecule has 1 N–H and O–H groups in total. The number of hydrogen-bond acceptors (Lipinski definition) is 5. The summed E-state index contributed by atoms with van der Waals surface area (Å²) in [4.78, 5) is 16.7. The van der Waals surface area contributed by atoms with Crippen molar-refractivity contribution in [2.75, 3.05) is 0 Å². The van der Waals surface area contributed by atoms with Crippen molar-refractivity contribution in [1.82, 2.24) is 14.7 Å². The second-order valence-electron chi connectivity index (χ2n) is 7.68. The molecule has 0 aliphatic heterocycles. The van der Waals surface area contributed by atoms with Crippen molar-refractivity contribution in [3.05, 3.63) is 119 Å². The summed E-state index contributed by atoms with van der Waals surface area (Å²) in [7, 11) is 0. The molecule has 0 bridgehead atoms. The molecule has 0 spiro atoms. The van der Waals surface area contributed by atoms with E-state index in [1.54, 1.807) is 0 Å². The zero-order valence-corrected chi connectivity index (χ0v) is 17.8. The molecule has 162 valence electrons. The van der Waals surface area contributed by atoms with E-state index in [2.05, 4.69) is 10.1 Å². The van der Waals surface area contributed by atoms with Gasteiger partial charge in [0.25, 0.3) is 5.89 Å². The van der Waals surface area contributed by atoms with Crippen LogP contribution in [-0.4, -0.2) is 19.8 Å². The van der Waals surface area contributed by atoms with Crippen molar-refractivity contribution in [3.8, 4) is 34.0 Å². The van der Waals surface area contributed by atoms with Crippen LogP contribution in [0.15, 0.2) is 107 Å². The third-order valence-corrected chi connectivity index (χ3v) is 5.44. The highest BCUT2D eigenvalue weighted by Gasteiger charge is 2.12. The standard InChI is InChI=1S/C27H21N3O3/c31-24-17-23(14-15-26-28-27(33-29-26)20-10-5-2-6-11-20)30(18-25(24)32)22-13-7-12-21(16-22)19-8-3-1-4-9-19/h1-13,16-18,32H,14-15H2. The maximum absolute atomic E-state index is 12.2. The highest BCUT2D eigenvalue weighted by atomic mass is 16.5. The van der Waals surface area contributed by atoms with E-state index in [9.17, 15) is 9.90 Å². The van der Waals surface area contributed by atoms with Crippen molar-refractivity contribution in [2.24, 2.45) is 0 Å². The number of rotatable bonds is 6. The Labute approximate surface area is 190 Å². The van der Waals surface area contributed by atoms with Gasteiger partial charge in [-0.1, -0.05) is 65.8 Å². The predicted molar refractivity (Wildman–Crippen MR) is 126 cm³/mol. The van der Waals surface area contributed by atoms with Crippen molar-refractivity contribution in [3.63, 3.8) is 0 Å². The summed E-state index contributed by atoms with van der Waals surface area (Å²) >= 11 is 0. The molecule has 3 aromatic carbocycles. The van der Waals surface area contributed by atoms with Crippen molar-refractivity contribution >= 4 is 0 Å². The quantitative estimate of drug-likeness (QED) is 0.404. The van der Waals surface area contributed by atoms with E-state index in [0.29, 0.717) is 24.6 Å². The number of benzene rings is 3. The minimum absolute atomic E-state index is 0.296. The van der Waals surface area contributed by atoms with E-state index in [4.69, 9.17) is 4.52 Å². The molecule has 2 heterocycles.